The van der Waals surface area contributed by atoms with Crippen molar-refractivity contribution in [3.63, 3.8) is 0 Å². The van der Waals surface area contributed by atoms with Crippen LogP contribution >= 0.6 is 23.2 Å². The van der Waals surface area contributed by atoms with Crippen LogP contribution in [0.25, 0.3) is 0 Å². The fraction of sp³-hybridized carbons (Fsp3) is 0.613. The molecule has 2 amide bonds. The van der Waals surface area contributed by atoms with Crippen molar-refractivity contribution in [1.29, 1.82) is 0 Å². The van der Waals surface area contributed by atoms with Crippen molar-refractivity contribution in [1.82, 2.24) is 15.5 Å². The number of ether oxygens (including phenoxy) is 3. The van der Waals surface area contributed by atoms with Crippen molar-refractivity contribution in [2.75, 3.05) is 0 Å². The molecule has 1 aromatic heterocycles. The number of carbonyl (C=O) groups excluding carboxylic acids is 5. The lowest BCUT2D eigenvalue weighted by atomic mass is 9.44. The van der Waals surface area contributed by atoms with E-state index in [4.69, 9.17) is 37.4 Å². The maximum Gasteiger partial charge on any atom is 0.490 e. The van der Waals surface area contributed by atoms with E-state index in [0.717, 1.165) is 0 Å². The summed E-state index contributed by atoms with van der Waals surface area (Å²) in [7, 11) is 0. The smallest absolute Gasteiger partial charge is 0.454 e. The Balaban J connectivity index is 0.00000650. The van der Waals surface area contributed by atoms with Gasteiger partial charge in [-0.25, -0.2) is 19.4 Å². The topological polar surface area (TPSA) is 163 Å². The van der Waals surface area contributed by atoms with Gasteiger partial charge in [0, 0.05) is 24.1 Å². The predicted octanol–water partition coefficient (Wildman–Crippen LogP) is 5.72. The van der Waals surface area contributed by atoms with E-state index < -0.39 is 87.1 Å². The minimum absolute atomic E-state index is 0. The standard InChI is InChI=1S/C31H35Cl2F3N4O8.H2/c1-7-28(4)13-18(47-27(45)38-24(42)16-8-9-19(37-6)40-39-16)29(5)14(2)10-11-30(15(3)22(28)48-26(44)31(34,35)36)12-17(20(41)21(29)30)46-25(43)23(32)33;/h7-9,14-15,17-18,21-23H,1,6,10-13H2,2-5H3,(H,38,42,45);1H/t14?,15-,17-,18+,21?,22-,28+,29-,30-;/m0./s1. The molecule has 0 saturated heterocycles. The van der Waals surface area contributed by atoms with Gasteiger partial charge in [-0.3, -0.25) is 14.9 Å². The van der Waals surface area contributed by atoms with E-state index in [2.05, 4.69) is 33.8 Å². The van der Waals surface area contributed by atoms with Gasteiger partial charge in [-0.05, 0) is 55.9 Å². The van der Waals surface area contributed by atoms with Gasteiger partial charge in [-0.2, -0.15) is 13.2 Å². The molecule has 3 aliphatic carbocycles. The number of rotatable bonds is 7. The number of Topliss-reactive ketones (excluding diaryl/α,β-unsaturated/α-hetero) is 1. The molecule has 48 heavy (non-hydrogen) atoms. The molecular weight excluding hydrogens is 684 g/mol. The van der Waals surface area contributed by atoms with Crippen LogP contribution in [0.3, 0.4) is 0 Å². The summed E-state index contributed by atoms with van der Waals surface area (Å²) in [5.41, 5.74) is -4.19. The molecule has 3 saturated carbocycles. The SMILES string of the molecule is C=C[C@]1(C)C[C@@H](OC(=O)NC(=O)c2ccc(N=C)nn2)[C@]2(C)C(C)CC[C@]3(C[C@H](OC(=O)C(Cl)Cl)C(=O)C32)[C@@H](C)[C@@H]1OC(=O)C(F)(F)F.[HH]. The van der Waals surface area contributed by atoms with Gasteiger partial charge in [0.1, 0.15) is 12.2 Å². The van der Waals surface area contributed by atoms with Gasteiger partial charge in [0.05, 0.1) is 0 Å². The second-order valence-electron chi connectivity index (χ2n) is 13.1. The van der Waals surface area contributed by atoms with Crippen LogP contribution < -0.4 is 5.32 Å². The number of carbonyl (C=O) groups is 5. The Hall–Kier alpha value is -3.59. The molecule has 1 aromatic rings. The Kier molecular flexibility index (Phi) is 10.4. The first kappa shape index (κ1) is 37.2. The molecule has 0 radical (unpaired) electrons. The number of aromatic nitrogens is 2. The zero-order valence-corrected chi connectivity index (χ0v) is 28.0. The van der Waals surface area contributed by atoms with Crippen molar-refractivity contribution in [2.45, 2.75) is 82.7 Å². The maximum absolute atomic E-state index is 14.3. The monoisotopic (exact) mass is 720 g/mol. The third kappa shape index (κ3) is 6.55. The Morgan fingerprint density at radius 2 is 1.79 bits per heavy atom. The minimum atomic E-state index is -5.35. The van der Waals surface area contributed by atoms with Crippen LogP contribution in [-0.4, -0.2) is 76.0 Å². The molecule has 0 aromatic carbocycles. The van der Waals surface area contributed by atoms with Crippen LogP contribution in [0.4, 0.5) is 23.8 Å². The van der Waals surface area contributed by atoms with Crippen LogP contribution in [0, 0.1) is 34.0 Å². The highest BCUT2D eigenvalue weighted by atomic mass is 35.5. The van der Waals surface area contributed by atoms with Gasteiger partial charge >= 0.3 is 24.2 Å². The second kappa shape index (κ2) is 13.4. The van der Waals surface area contributed by atoms with Crippen LogP contribution in [-0.2, 0) is 28.6 Å². The molecule has 0 aliphatic heterocycles. The van der Waals surface area contributed by atoms with Gasteiger partial charge in [-0.15, -0.1) is 16.8 Å². The third-order valence-electron chi connectivity index (χ3n) is 10.7. The zero-order valence-electron chi connectivity index (χ0n) is 26.5. The number of nitrogens with zero attached hydrogens (tertiary/aromatic N) is 3. The number of amides is 2. The number of esters is 2. The number of hydrogen-bond donors (Lipinski definition) is 1. The molecule has 264 valence electrons. The Morgan fingerprint density at radius 1 is 1.12 bits per heavy atom. The van der Waals surface area contributed by atoms with E-state index in [1.807, 2.05) is 6.92 Å². The summed E-state index contributed by atoms with van der Waals surface area (Å²) in [4.78, 5) is 67.3. The number of alkyl carbamates (subject to hydrolysis) is 1. The molecule has 4 rings (SSSR count). The highest BCUT2D eigenvalue weighted by molar-refractivity contribution is 6.53. The lowest BCUT2D eigenvalue weighted by Crippen LogP contribution is -2.64. The van der Waals surface area contributed by atoms with Crippen LogP contribution in [0.2, 0.25) is 0 Å². The number of nitrogens with one attached hydrogen (secondary N) is 1. The number of ketones is 1. The van der Waals surface area contributed by atoms with Crippen molar-refractivity contribution in [3.8, 4) is 0 Å². The molecule has 17 heteroatoms. The average Bonchev–Trinajstić information content (AvgIpc) is 3.32. The highest BCUT2D eigenvalue weighted by Crippen LogP contribution is 2.68. The summed E-state index contributed by atoms with van der Waals surface area (Å²) >= 11 is 11.4. The first-order chi connectivity index (χ1) is 22.2. The van der Waals surface area contributed by atoms with Crippen molar-refractivity contribution >= 4 is 65.5 Å². The van der Waals surface area contributed by atoms with E-state index in [-0.39, 0.29) is 38.1 Å². The number of halogens is 5. The largest absolute Gasteiger partial charge is 0.490 e. The molecule has 1 heterocycles. The van der Waals surface area contributed by atoms with Gasteiger partial charge in [0.25, 0.3) is 5.91 Å². The molecule has 0 spiro atoms. The van der Waals surface area contributed by atoms with Crippen molar-refractivity contribution in [3.05, 3.63) is 30.5 Å². The first-order valence-electron chi connectivity index (χ1n) is 15.0. The summed E-state index contributed by atoms with van der Waals surface area (Å²) in [5, 5.41) is 9.43. The predicted molar refractivity (Wildman–Crippen MR) is 167 cm³/mol. The van der Waals surface area contributed by atoms with E-state index in [1.165, 1.54) is 25.1 Å². The fourth-order valence-electron chi connectivity index (χ4n) is 8.00. The first-order valence-corrected chi connectivity index (χ1v) is 15.9. The molecular formula is C31H37Cl2F3N4O8. The zero-order chi connectivity index (χ0) is 36.0. The fourth-order valence-corrected chi connectivity index (χ4v) is 8.10. The van der Waals surface area contributed by atoms with E-state index in [9.17, 15) is 37.1 Å². The maximum atomic E-state index is 14.3. The normalized spacial score (nSPS) is 34.6. The van der Waals surface area contributed by atoms with Gasteiger partial charge in [-0.1, -0.05) is 57.0 Å². The lowest BCUT2D eigenvalue weighted by Gasteiger charge is -2.61. The number of hydrogen-bond acceptors (Lipinski definition) is 11. The molecule has 9 atom stereocenters. The quantitative estimate of drug-likeness (QED) is 0.121. The van der Waals surface area contributed by atoms with Crippen LogP contribution in [0.5, 0.6) is 0 Å². The van der Waals surface area contributed by atoms with Gasteiger partial charge in [0.2, 0.25) is 4.84 Å². The lowest BCUT2D eigenvalue weighted by molar-refractivity contribution is -0.229. The Labute approximate surface area is 285 Å². The van der Waals surface area contributed by atoms with E-state index in [1.54, 1.807) is 13.8 Å². The Morgan fingerprint density at radius 3 is 2.33 bits per heavy atom. The molecule has 3 fully saturated rings. The number of aliphatic imine (C=N–C) groups is 1. The highest BCUT2D eigenvalue weighted by Gasteiger charge is 2.72. The van der Waals surface area contributed by atoms with E-state index >= 15 is 0 Å². The van der Waals surface area contributed by atoms with E-state index in [0.29, 0.717) is 6.42 Å². The summed E-state index contributed by atoms with van der Waals surface area (Å²) in [5.74, 6) is -7.33. The summed E-state index contributed by atoms with van der Waals surface area (Å²) < 4.78 is 57.5. The molecule has 3 aliphatic rings. The minimum Gasteiger partial charge on any atom is -0.454 e. The summed E-state index contributed by atoms with van der Waals surface area (Å²) in [6.45, 7) is 13.8. The average molecular weight is 722 g/mol. The second-order valence-corrected chi connectivity index (χ2v) is 14.2. The van der Waals surface area contributed by atoms with Crippen LogP contribution in [0.15, 0.2) is 29.8 Å². The molecule has 12 nitrogen and oxygen atoms in total. The molecule has 1 N–H and O–H groups in total. The number of alkyl halides is 5. The number of imide groups is 1. The summed E-state index contributed by atoms with van der Waals surface area (Å²) in [6.07, 6.45) is -9.24. The van der Waals surface area contributed by atoms with Gasteiger partial charge < -0.3 is 14.2 Å². The molecule has 2 bridgehead atoms. The van der Waals surface area contributed by atoms with Crippen LogP contribution in [0.1, 0.15) is 65.3 Å². The Bertz CT molecular complexity index is 1520. The molecule has 2 unspecified atom stereocenters. The van der Waals surface area contributed by atoms with Crippen molar-refractivity contribution < 1.29 is 52.8 Å². The van der Waals surface area contributed by atoms with Crippen molar-refractivity contribution in [2.24, 2.45) is 39.0 Å². The summed E-state index contributed by atoms with van der Waals surface area (Å²) in [6, 6.07) is 2.58. The van der Waals surface area contributed by atoms with Gasteiger partial charge in [0.15, 0.2) is 23.4 Å². The third-order valence-corrected chi connectivity index (χ3v) is 11.0.